The van der Waals surface area contributed by atoms with Gasteiger partial charge in [-0.05, 0) is 51.4 Å². The zero-order chi connectivity index (χ0) is 65.6. The van der Waals surface area contributed by atoms with E-state index in [4.69, 9.17) is 4.74 Å². The molecule has 0 radical (unpaired) electrons. The zero-order valence-corrected chi connectivity index (χ0v) is 62.4. The molecule has 6 heteroatoms. The molecule has 1 amide bonds. The standard InChI is InChI=1S/C85H167NO5/c1-3-5-7-9-11-13-15-17-19-21-23-24-36-39-42-45-49-53-57-61-65-69-73-77-83(88)82(81-87)86-84(89)78-74-70-66-62-58-54-50-46-43-40-37-34-32-30-28-26-25-27-29-31-33-35-38-41-44-48-52-56-60-64-68-72-76-80-91-85(90)79-75-71-67-63-59-55-51-47-22-20-18-16-14-12-10-8-6-4-2/h20,22,82-83,87-88H,3-19,21,23-81H2,1-2H3,(H,86,89)/b22-20-. The fraction of sp³-hybridized carbons (Fsp3) is 0.953. The van der Waals surface area contributed by atoms with Gasteiger partial charge in [0.15, 0.2) is 0 Å². The lowest BCUT2D eigenvalue weighted by Gasteiger charge is -2.22. The molecule has 0 aliphatic heterocycles. The lowest BCUT2D eigenvalue weighted by molar-refractivity contribution is -0.143. The summed E-state index contributed by atoms with van der Waals surface area (Å²) in [5.74, 6) is -0.00344. The highest BCUT2D eigenvalue weighted by Gasteiger charge is 2.20. The number of amides is 1. The number of aliphatic hydroxyl groups is 2. The van der Waals surface area contributed by atoms with E-state index in [1.54, 1.807) is 0 Å². The summed E-state index contributed by atoms with van der Waals surface area (Å²) >= 11 is 0. The van der Waals surface area contributed by atoms with E-state index in [9.17, 15) is 19.8 Å². The third kappa shape index (κ3) is 77.5. The van der Waals surface area contributed by atoms with Crippen LogP contribution in [0.2, 0.25) is 0 Å². The maximum Gasteiger partial charge on any atom is 0.305 e. The van der Waals surface area contributed by atoms with Crippen LogP contribution in [0.3, 0.4) is 0 Å². The summed E-state index contributed by atoms with van der Waals surface area (Å²) in [5.41, 5.74) is 0. The second-order valence-corrected chi connectivity index (χ2v) is 29.5. The average molecular weight is 1280 g/mol. The summed E-state index contributed by atoms with van der Waals surface area (Å²) < 4.78 is 5.52. The highest BCUT2D eigenvalue weighted by molar-refractivity contribution is 5.76. The molecular weight excluding hydrogens is 1110 g/mol. The van der Waals surface area contributed by atoms with Gasteiger partial charge in [-0.15, -0.1) is 0 Å². The third-order valence-electron chi connectivity index (χ3n) is 20.3. The van der Waals surface area contributed by atoms with E-state index < -0.39 is 12.1 Å². The molecule has 6 nitrogen and oxygen atoms in total. The number of aliphatic hydroxyl groups excluding tert-OH is 2. The molecule has 542 valence electrons. The van der Waals surface area contributed by atoms with Crippen molar-refractivity contribution in [1.82, 2.24) is 5.32 Å². The Labute approximate surface area is 571 Å². The van der Waals surface area contributed by atoms with E-state index >= 15 is 0 Å². The Morgan fingerprint density at radius 1 is 0.297 bits per heavy atom. The predicted molar refractivity (Wildman–Crippen MR) is 403 cm³/mol. The van der Waals surface area contributed by atoms with Gasteiger partial charge in [-0.2, -0.15) is 0 Å². The van der Waals surface area contributed by atoms with Crippen LogP contribution in [0.4, 0.5) is 0 Å². The first kappa shape index (κ1) is 89.6. The largest absolute Gasteiger partial charge is 0.466 e. The van der Waals surface area contributed by atoms with Gasteiger partial charge < -0.3 is 20.3 Å². The molecule has 0 fully saturated rings. The monoisotopic (exact) mass is 1280 g/mol. The van der Waals surface area contributed by atoms with Crippen LogP contribution >= 0.6 is 0 Å². The van der Waals surface area contributed by atoms with Crippen molar-refractivity contribution in [3.63, 3.8) is 0 Å². The van der Waals surface area contributed by atoms with Crippen LogP contribution < -0.4 is 5.32 Å². The quantitative estimate of drug-likeness (QED) is 0.0320. The van der Waals surface area contributed by atoms with Gasteiger partial charge in [0.2, 0.25) is 5.91 Å². The van der Waals surface area contributed by atoms with Crippen LogP contribution in [0.5, 0.6) is 0 Å². The van der Waals surface area contributed by atoms with Crippen LogP contribution in [0.1, 0.15) is 495 Å². The molecule has 0 aromatic rings. The Hall–Kier alpha value is -1.40. The van der Waals surface area contributed by atoms with Crippen LogP contribution in [0, 0.1) is 0 Å². The highest BCUT2D eigenvalue weighted by atomic mass is 16.5. The fourth-order valence-electron chi connectivity index (χ4n) is 13.9. The van der Waals surface area contributed by atoms with E-state index in [1.807, 2.05) is 0 Å². The molecule has 0 spiro atoms. The van der Waals surface area contributed by atoms with Gasteiger partial charge in [-0.1, -0.05) is 443 Å². The van der Waals surface area contributed by atoms with E-state index in [0.717, 1.165) is 38.5 Å². The summed E-state index contributed by atoms with van der Waals surface area (Å²) in [5, 5.41) is 23.5. The van der Waals surface area contributed by atoms with Crippen molar-refractivity contribution in [2.45, 2.75) is 508 Å². The maximum absolute atomic E-state index is 12.6. The van der Waals surface area contributed by atoms with Crippen molar-refractivity contribution in [3.8, 4) is 0 Å². The number of rotatable bonds is 81. The van der Waals surface area contributed by atoms with Gasteiger partial charge in [0.1, 0.15) is 0 Å². The van der Waals surface area contributed by atoms with E-state index in [-0.39, 0.29) is 18.5 Å². The molecule has 0 heterocycles. The maximum atomic E-state index is 12.6. The van der Waals surface area contributed by atoms with Crippen molar-refractivity contribution in [1.29, 1.82) is 0 Å². The first-order chi connectivity index (χ1) is 45.0. The fourth-order valence-corrected chi connectivity index (χ4v) is 13.9. The van der Waals surface area contributed by atoms with Crippen LogP contribution in [0.15, 0.2) is 12.2 Å². The summed E-state index contributed by atoms with van der Waals surface area (Å²) in [6.45, 7) is 5.02. The number of esters is 1. The van der Waals surface area contributed by atoms with Gasteiger partial charge in [0.05, 0.1) is 25.4 Å². The van der Waals surface area contributed by atoms with E-state index in [2.05, 4.69) is 31.3 Å². The molecule has 0 aromatic carbocycles. The molecule has 0 saturated carbocycles. The molecular formula is C85H167NO5. The lowest BCUT2D eigenvalue weighted by Crippen LogP contribution is -2.45. The van der Waals surface area contributed by atoms with Crippen molar-refractivity contribution in [2.75, 3.05) is 13.2 Å². The molecule has 0 aliphatic rings. The second-order valence-electron chi connectivity index (χ2n) is 29.5. The number of hydrogen-bond acceptors (Lipinski definition) is 5. The molecule has 2 atom stereocenters. The molecule has 0 rings (SSSR count). The first-order valence-corrected chi connectivity index (χ1v) is 42.4. The third-order valence-corrected chi connectivity index (χ3v) is 20.3. The van der Waals surface area contributed by atoms with Gasteiger partial charge in [0.25, 0.3) is 0 Å². The molecule has 0 aromatic heterocycles. The van der Waals surface area contributed by atoms with Crippen molar-refractivity contribution < 1.29 is 24.5 Å². The number of allylic oxidation sites excluding steroid dienone is 2. The van der Waals surface area contributed by atoms with Crippen LogP contribution in [-0.4, -0.2) is 47.4 Å². The van der Waals surface area contributed by atoms with Crippen molar-refractivity contribution >= 4 is 11.9 Å². The Bertz CT molecular complexity index is 1380. The molecule has 3 N–H and O–H groups in total. The van der Waals surface area contributed by atoms with Gasteiger partial charge >= 0.3 is 5.97 Å². The predicted octanol–water partition coefficient (Wildman–Crippen LogP) is 28.2. The number of nitrogens with one attached hydrogen (secondary N) is 1. The summed E-state index contributed by atoms with van der Waals surface area (Å²) in [6, 6.07) is -0.539. The number of hydrogen-bond donors (Lipinski definition) is 3. The Morgan fingerprint density at radius 3 is 0.780 bits per heavy atom. The molecule has 0 aliphatic carbocycles. The smallest absolute Gasteiger partial charge is 0.305 e. The molecule has 2 unspecified atom stereocenters. The molecule has 0 saturated heterocycles. The van der Waals surface area contributed by atoms with Gasteiger partial charge in [-0.25, -0.2) is 0 Å². The summed E-state index contributed by atoms with van der Waals surface area (Å²) in [7, 11) is 0. The Balaban J connectivity index is 3.31. The normalized spacial score (nSPS) is 12.4. The number of carbonyl (C=O) groups excluding carboxylic acids is 2. The Morgan fingerprint density at radius 2 is 0.516 bits per heavy atom. The van der Waals surface area contributed by atoms with Crippen LogP contribution in [0.25, 0.3) is 0 Å². The lowest BCUT2D eigenvalue weighted by atomic mass is 10.0. The minimum Gasteiger partial charge on any atom is -0.466 e. The van der Waals surface area contributed by atoms with E-state index in [0.29, 0.717) is 25.9 Å². The van der Waals surface area contributed by atoms with Gasteiger partial charge in [0, 0.05) is 12.8 Å². The van der Waals surface area contributed by atoms with Crippen LogP contribution in [-0.2, 0) is 14.3 Å². The van der Waals surface area contributed by atoms with Gasteiger partial charge in [-0.3, -0.25) is 9.59 Å². The summed E-state index contributed by atoms with van der Waals surface area (Å²) in [6.07, 6.45) is 103. The minimum absolute atomic E-state index is 0.0203. The number of ether oxygens (including phenoxy) is 1. The average Bonchev–Trinajstić information content (AvgIpc) is 3.64. The highest BCUT2D eigenvalue weighted by Crippen LogP contribution is 2.21. The van der Waals surface area contributed by atoms with E-state index in [1.165, 1.54) is 424 Å². The molecule has 91 heavy (non-hydrogen) atoms. The minimum atomic E-state index is -0.662. The topological polar surface area (TPSA) is 95.9 Å². The zero-order valence-electron chi connectivity index (χ0n) is 62.4. The SMILES string of the molecule is CCCCCCCCC/C=C\CCCCCCCCCC(=O)OCCCCCCCCCCCCCCCCCCCCCCCCCCCCCCCCCCCC(=O)NC(CO)C(O)CCCCCCCCCCCCCCCCCCCCCCCCC. The number of carbonyl (C=O) groups is 2. The Kier molecular flexibility index (Phi) is 79.8. The second kappa shape index (κ2) is 81.0. The number of unbranched alkanes of at least 4 members (excludes halogenated alkanes) is 68. The van der Waals surface area contributed by atoms with Crippen molar-refractivity contribution in [2.24, 2.45) is 0 Å². The first-order valence-electron chi connectivity index (χ1n) is 42.4. The summed E-state index contributed by atoms with van der Waals surface area (Å²) in [4.78, 5) is 24.7. The van der Waals surface area contributed by atoms with Crippen molar-refractivity contribution in [3.05, 3.63) is 12.2 Å². The molecule has 0 bridgehead atoms.